The van der Waals surface area contributed by atoms with Crippen molar-refractivity contribution in [2.75, 3.05) is 0 Å². The highest BCUT2D eigenvalue weighted by atomic mass is 16.3. The van der Waals surface area contributed by atoms with E-state index in [0.717, 1.165) is 18.4 Å². The molecule has 0 saturated carbocycles. The van der Waals surface area contributed by atoms with Crippen LogP contribution in [0.15, 0.2) is 35.1 Å². The first-order chi connectivity index (χ1) is 9.56. The van der Waals surface area contributed by atoms with Gasteiger partial charge in [-0.05, 0) is 44.4 Å². The molecule has 1 atom stereocenters. The van der Waals surface area contributed by atoms with Gasteiger partial charge in [0.1, 0.15) is 11.5 Å². The number of rotatable bonds is 5. The van der Waals surface area contributed by atoms with Crippen molar-refractivity contribution in [1.82, 2.24) is 10.3 Å². The molecule has 0 spiro atoms. The van der Waals surface area contributed by atoms with Crippen LogP contribution in [0.1, 0.15) is 35.2 Å². The molecule has 0 saturated heterocycles. The minimum Gasteiger partial charge on any atom is -0.508 e. The first-order valence-electron chi connectivity index (χ1n) is 6.55. The van der Waals surface area contributed by atoms with E-state index in [2.05, 4.69) is 10.3 Å². The summed E-state index contributed by atoms with van der Waals surface area (Å²) in [5, 5.41) is 12.1. The van der Waals surface area contributed by atoms with Crippen LogP contribution in [0.25, 0.3) is 0 Å². The van der Waals surface area contributed by atoms with Gasteiger partial charge in [-0.15, -0.1) is 0 Å². The summed E-state index contributed by atoms with van der Waals surface area (Å²) in [5.74, 6) is 0.569. The highest BCUT2D eigenvalue weighted by Gasteiger charge is 2.15. The monoisotopic (exact) mass is 274 g/mol. The highest BCUT2D eigenvalue weighted by Crippen LogP contribution is 2.12. The van der Waals surface area contributed by atoms with Gasteiger partial charge in [-0.1, -0.05) is 12.1 Å². The average Bonchev–Trinajstić information content (AvgIpc) is 2.84. The molecule has 2 rings (SSSR count). The number of benzene rings is 1. The number of amides is 1. The SMILES string of the molecule is Cc1ocnc1C(=O)NC(C)CCc1ccc(O)cc1. The lowest BCUT2D eigenvalue weighted by Crippen LogP contribution is -2.33. The molecule has 106 valence electrons. The van der Waals surface area contributed by atoms with Crippen molar-refractivity contribution in [3.05, 3.63) is 47.7 Å². The smallest absolute Gasteiger partial charge is 0.273 e. The molecule has 0 radical (unpaired) electrons. The van der Waals surface area contributed by atoms with E-state index in [0.29, 0.717) is 11.5 Å². The number of nitrogens with zero attached hydrogens (tertiary/aromatic N) is 1. The zero-order valence-corrected chi connectivity index (χ0v) is 11.6. The van der Waals surface area contributed by atoms with Crippen LogP contribution >= 0.6 is 0 Å². The van der Waals surface area contributed by atoms with E-state index >= 15 is 0 Å². The maximum Gasteiger partial charge on any atom is 0.273 e. The zero-order valence-electron chi connectivity index (χ0n) is 11.6. The zero-order chi connectivity index (χ0) is 14.5. The third kappa shape index (κ3) is 3.60. The molecule has 5 heteroatoms. The van der Waals surface area contributed by atoms with E-state index < -0.39 is 0 Å². The van der Waals surface area contributed by atoms with Gasteiger partial charge < -0.3 is 14.8 Å². The number of carbonyl (C=O) groups excluding carboxylic acids is 1. The highest BCUT2D eigenvalue weighted by molar-refractivity contribution is 5.93. The Morgan fingerprint density at radius 1 is 1.40 bits per heavy atom. The molecule has 2 N–H and O–H groups in total. The third-order valence-electron chi connectivity index (χ3n) is 3.14. The first kappa shape index (κ1) is 14.1. The van der Waals surface area contributed by atoms with Crippen LogP contribution in [0.5, 0.6) is 5.75 Å². The molecule has 0 fully saturated rings. The van der Waals surface area contributed by atoms with Gasteiger partial charge in [-0.2, -0.15) is 0 Å². The molecule has 20 heavy (non-hydrogen) atoms. The van der Waals surface area contributed by atoms with Crippen LogP contribution in [0, 0.1) is 6.92 Å². The van der Waals surface area contributed by atoms with E-state index in [1.807, 2.05) is 19.1 Å². The molecule has 1 heterocycles. The molecule has 0 aliphatic carbocycles. The van der Waals surface area contributed by atoms with E-state index in [1.165, 1.54) is 6.39 Å². The molecule has 1 amide bonds. The van der Waals surface area contributed by atoms with Gasteiger partial charge in [0.2, 0.25) is 0 Å². The van der Waals surface area contributed by atoms with E-state index in [9.17, 15) is 9.90 Å². The Morgan fingerprint density at radius 3 is 2.70 bits per heavy atom. The van der Waals surface area contributed by atoms with Crippen molar-refractivity contribution in [1.29, 1.82) is 0 Å². The number of carbonyl (C=O) groups is 1. The molecule has 1 unspecified atom stereocenters. The molecule has 2 aromatic rings. The van der Waals surface area contributed by atoms with Gasteiger partial charge in [0.05, 0.1) is 0 Å². The second-order valence-corrected chi connectivity index (χ2v) is 4.84. The lowest BCUT2D eigenvalue weighted by Gasteiger charge is -2.13. The average molecular weight is 274 g/mol. The van der Waals surface area contributed by atoms with Crippen molar-refractivity contribution in [3.8, 4) is 5.75 Å². The van der Waals surface area contributed by atoms with Gasteiger partial charge in [0, 0.05) is 6.04 Å². The summed E-state index contributed by atoms with van der Waals surface area (Å²) in [6.45, 7) is 3.66. The summed E-state index contributed by atoms with van der Waals surface area (Å²) in [6, 6.07) is 7.12. The number of hydrogen-bond donors (Lipinski definition) is 2. The number of aromatic nitrogens is 1. The van der Waals surface area contributed by atoms with Crippen molar-refractivity contribution in [2.24, 2.45) is 0 Å². The van der Waals surface area contributed by atoms with Crippen molar-refractivity contribution in [2.45, 2.75) is 32.7 Å². The largest absolute Gasteiger partial charge is 0.508 e. The Labute approximate surface area is 117 Å². The standard InChI is InChI=1S/C15H18N2O3/c1-10(3-4-12-5-7-13(18)8-6-12)17-15(19)14-11(2)20-9-16-14/h5-10,18H,3-4H2,1-2H3,(H,17,19). The van der Waals surface area contributed by atoms with Gasteiger partial charge >= 0.3 is 0 Å². The van der Waals surface area contributed by atoms with Crippen molar-refractivity contribution >= 4 is 5.91 Å². The number of aromatic hydroxyl groups is 1. The van der Waals surface area contributed by atoms with Crippen LogP contribution in [-0.4, -0.2) is 22.0 Å². The number of oxazole rings is 1. The van der Waals surface area contributed by atoms with Gasteiger partial charge in [-0.25, -0.2) is 4.98 Å². The van der Waals surface area contributed by atoms with Crippen LogP contribution in [0.3, 0.4) is 0 Å². The Kier molecular flexibility index (Phi) is 4.40. The summed E-state index contributed by atoms with van der Waals surface area (Å²) < 4.78 is 5.01. The van der Waals surface area contributed by atoms with Crippen LogP contribution < -0.4 is 5.32 Å². The maximum atomic E-state index is 11.9. The fourth-order valence-corrected chi connectivity index (χ4v) is 1.93. The van der Waals surface area contributed by atoms with Crippen LogP contribution in [-0.2, 0) is 6.42 Å². The summed E-state index contributed by atoms with van der Waals surface area (Å²) in [7, 11) is 0. The predicted molar refractivity (Wildman–Crippen MR) is 74.6 cm³/mol. The predicted octanol–water partition coefficient (Wildman–Crippen LogP) is 2.44. The number of nitrogens with one attached hydrogen (secondary N) is 1. The van der Waals surface area contributed by atoms with E-state index in [4.69, 9.17) is 4.42 Å². The lowest BCUT2D eigenvalue weighted by molar-refractivity contribution is 0.0932. The number of aryl methyl sites for hydroxylation is 2. The van der Waals surface area contributed by atoms with Crippen molar-refractivity contribution in [3.63, 3.8) is 0 Å². The third-order valence-corrected chi connectivity index (χ3v) is 3.14. The minimum atomic E-state index is -0.213. The molecule has 0 aliphatic rings. The van der Waals surface area contributed by atoms with Gasteiger partial charge in [0.15, 0.2) is 12.1 Å². The molecule has 0 bridgehead atoms. The Morgan fingerprint density at radius 2 is 2.10 bits per heavy atom. The maximum absolute atomic E-state index is 11.9. The minimum absolute atomic E-state index is 0.0346. The second-order valence-electron chi connectivity index (χ2n) is 4.84. The molecule has 1 aromatic carbocycles. The summed E-state index contributed by atoms with van der Waals surface area (Å²) in [6.07, 6.45) is 2.91. The second kappa shape index (κ2) is 6.23. The Balaban J connectivity index is 1.83. The van der Waals surface area contributed by atoms with Gasteiger partial charge in [-0.3, -0.25) is 4.79 Å². The lowest BCUT2D eigenvalue weighted by atomic mass is 10.1. The topological polar surface area (TPSA) is 75.4 Å². The molecular formula is C15H18N2O3. The van der Waals surface area contributed by atoms with E-state index in [1.54, 1.807) is 19.1 Å². The summed E-state index contributed by atoms with van der Waals surface area (Å²) >= 11 is 0. The fourth-order valence-electron chi connectivity index (χ4n) is 1.93. The van der Waals surface area contributed by atoms with Crippen LogP contribution in [0.4, 0.5) is 0 Å². The normalized spacial score (nSPS) is 12.1. The Hall–Kier alpha value is -2.30. The number of hydrogen-bond acceptors (Lipinski definition) is 4. The summed E-state index contributed by atoms with van der Waals surface area (Å²) in [5.41, 5.74) is 1.46. The number of phenols is 1. The van der Waals surface area contributed by atoms with Crippen molar-refractivity contribution < 1.29 is 14.3 Å². The van der Waals surface area contributed by atoms with Crippen LogP contribution in [0.2, 0.25) is 0 Å². The Bertz CT molecular complexity index is 575. The number of phenolic OH excluding ortho intramolecular Hbond substituents is 1. The molecule has 1 aromatic heterocycles. The van der Waals surface area contributed by atoms with Gasteiger partial charge in [0.25, 0.3) is 5.91 Å². The molecule has 0 aliphatic heterocycles. The quantitative estimate of drug-likeness (QED) is 0.878. The fraction of sp³-hybridized carbons (Fsp3) is 0.333. The van der Waals surface area contributed by atoms with E-state index in [-0.39, 0.29) is 17.7 Å². The molecule has 5 nitrogen and oxygen atoms in total. The molecular weight excluding hydrogens is 256 g/mol. The first-order valence-corrected chi connectivity index (χ1v) is 6.55. The summed E-state index contributed by atoms with van der Waals surface area (Å²) in [4.78, 5) is 15.8.